The molecule has 2 aliphatic rings. The standard InChI is InChI=1S/C23H23FN4O2/c1-15(29)27-9-7-16(8-10-27)20-11-18-13-30-12-17-3-2-4-21(24)19(17)5-6-22(18)28-14-25-26-23(20)28/h2-4,7,11,14H,5-6,8-10,12-13H2,1H3. The van der Waals surface area contributed by atoms with E-state index in [1.165, 1.54) is 11.6 Å². The number of carbonyl (C=O) groups excluding carboxylic acids is 1. The highest BCUT2D eigenvalue weighted by molar-refractivity contribution is 5.80. The van der Waals surface area contributed by atoms with E-state index in [4.69, 9.17) is 4.74 Å². The zero-order valence-corrected chi connectivity index (χ0v) is 16.9. The van der Waals surface area contributed by atoms with Crippen LogP contribution in [0.5, 0.6) is 0 Å². The minimum atomic E-state index is -0.182. The summed E-state index contributed by atoms with van der Waals surface area (Å²) in [7, 11) is 0. The Morgan fingerprint density at radius 2 is 2.03 bits per heavy atom. The largest absolute Gasteiger partial charge is 0.372 e. The number of aromatic nitrogens is 3. The number of fused-ring (bicyclic) bond motifs is 4. The lowest BCUT2D eigenvalue weighted by Gasteiger charge is -2.26. The Morgan fingerprint density at radius 3 is 2.83 bits per heavy atom. The van der Waals surface area contributed by atoms with Crippen molar-refractivity contribution in [3.05, 3.63) is 70.4 Å². The number of rotatable bonds is 1. The predicted molar refractivity (Wildman–Crippen MR) is 110 cm³/mol. The number of ether oxygens (including phenoxy) is 1. The van der Waals surface area contributed by atoms with E-state index in [1.54, 1.807) is 19.3 Å². The van der Waals surface area contributed by atoms with Gasteiger partial charge < -0.3 is 9.64 Å². The third-order valence-electron chi connectivity index (χ3n) is 6.11. The summed E-state index contributed by atoms with van der Waals surface area (Å²) in [5.41, 5.74) is 6.74. The first-order valence-electron chi connectivity index (χ1n) is 10.2. The molecule has 0 radical (unpaired) electrons. The Balaban J connectivity index is 1.56. The maximum absolute atomic E-state index is 14.4. The molecule has 0 bridgehead atoms. The van der Waals surface area contributed by atoms with Crippen LogP contribution < -0.4 is 0 Å². The molecule has 3 aromatic rings. The molecule has 4 heterocycles. The van der Waals surface area contributed by atoms with E-state index < -0.39 is 0 Å². The molecule has 0 unspecified atom stereocenters. The van der Waals surface area contributed by atoms with Gasteiger partial charge in [0.2, 0.25) is 5.91 Å². The summed E-state index contributed by atoms with van der Waals surface area (Å²) in [5, 5.41) is 8.53. The summed E-state index contributed by atoms with van der Waals surface area (Å²) in [6.07, 6.45) is 5.88. The van der Waals surface area contributed by atoms with Gasteiger partial charge in [-0.2, -0.15) is 0 Å². The zero-order chi connectivity index (χ0) is 20.7. The molecule has 0 spiro atoms. The molecule has 2 aliphatic heterocycles. The molecule has 1 amide bonds. The summed E-state index contributed by atoms with van der Waals surface area (Å²) in [6, 6.07) is 7.32. The quantitative estimate of drug-likeness (QED) is 0.622. The van der Waals surface area contributed by atoms with Gasteiger partial charge in [0.15, 0.2) is 5.65 Å². The number of carbonyl (C=O) groups is 1. The fourth-order valence-corrected chi connectivity index (χ4v) is 4.47. The summed E-state index contributed by atoms with van der Waals surface area (Å²) >= 11 is 0. The van der Waals surface area contributed by atoms with Gasteiger partial charge in [-0.05, 0) is 53.7 Å². The first-order chi connectivity index (χ1) is 14.6. The molecule has 6 nitrogen and oxygen atoms in total. The van der Waals surface area contributed by atoms with E-state index in [0.717, 1.165) is 40.0 Å². The normalized spacial score (nSPS) is 16.9. The highest BCUT2D eigenvalue weighted by Gasteiger charge is 2.22. The predicted octanol–water partition coefficient (Wildman–Crippen LogP) is 3.32. The number of aryl methyl sites for hydroxylation is 1. The van der Waals surface area contributed by atoms with Gasteiger partial charge in [-0.25, -0.2) is 4.39 Å². The van der Waals surface area contributed by atoms with E-state index in [1.807, 2.05) is 15.4 Å². The minimum absolute atomic E-state index is 0.0903. The van der Waals surface area contributed by atoms with Crippen LogP contribution in [0.1, 0.15) is 41.3 Å². The maximum atomic E-state index is 14.4. The molecule has 0 saturated heterocycles. The fraction of sp³-hybridized carbons (Fsp3) is 0.348. The van der Waals surface area contributed by atoms with Crippen molar-refractivity contribution in [2.24, 2.45) is 0 Å². The van der Waals surface area contributed by atoms with Gasteiger partial charge in [0.25, 0.3) is 0 Å². The number of hydrogen-bond donors (Lipinski definition) is 0. The Kier molecular flexibility index (Phi) is 4.83. The Hall–Kier alpha value is -3.06. The van der Waals surface area contributed by atoms with E-state index in [9.17, 15) is 9.18 Å². The highest BCUT2D eigenvalue weighted by Crippen LogP contribution is 2.30. The van der Waals surface area contributed by atoms with Gasteiger partial charge in [-0.1, -0.05) is 18.2 Å². The van der Waals surface area contributed by atoms with Crippen LogP contribution in [0.4, 0.5) is 4.39 Å². The monoisotopic (exact) mass is 406 g/mol. The average molecular weight is 406 g/mol. The number of nitrogens with zero attached hydrogens (tertiary/aromatic N) is 4. The zero-order valence-electron chi connectivity index (χ0n) is 16.9. The lowest BCUT2D eigenvalue weighted by molar-refractivity contribution is -0.128. The first-order valence-corrected chi connectivity index (χ1v) is 10.2. The average Bonchev–Trinajstić information content (AvgIpc) is 3.25. The molecule has 2 aromatic heterocycles. The molecule has 30 heavy (non-hydrogen) atoms. The second kappa shape index (κ2) is 7.65. The number of hydrogen-bond acceptors (Lipinski definition) is 4. The number of benzene rings is 1. The van der Waals surface area contributed by atoms with Crippen LogP contribution in [0.2, 0.25) is 0 Å². The molecular formula is C23H23FN4O2. The fourth-order valence-electron chi connectivity index (χ4n) is 4.47. The second-order valence-corrected chi connectivity index (χ2v) is 7.87. The van der Waals surface area contributed by atoms with Crippen LogP contribution in [0.25, 0.3) is 11.2 Å². The lowest BCUT2D eigenvalue weighted by Crippen LogP contribution is -2.32. The van der Waals surface area contributed by atoms with E-state index in [0.29, 0.717) is 39.1 Å². The van der Waals surface area contributed by atoms with Gasteiger partial charge in [-0.15, -0.1) is 10.2 Å². The van der Waals surface area contributed by atoms with Crippen molar-refractivity contribution in [2.45, 2.75) is 39.4 Å². The summed E-state index contributed by atoms with van der Waals surface area (Å²) < 4.78 is 22.4. The number of pyridine rings is 1. The van der Waals surface area contributed by atoms with Gasteiger partial charge in [0, 0.05) is 31.3 Å². The maximum Gasteiger partial charge on any atom is 0.219 e. The summed E-state index contributed by atoms with van der Waals surface area (Å²) in [5.74, 6) is -0.0916. The van der Waals surface area contributed by atoms with Crippen molar-refractivity contribution in [2.75, 3.05) is 13.1 Å². The van der Waals surface area contributed by atoms with Crippen LogP contribution in [0.3, 0.4) is 0 Å². The Labute approximate surface area is 174 Å². The van der Waals surface area contributed by atoms with Gasteiger partial charge >= 0.3 is 0 Å². The molecule has 5 rings (SSSR count). The van der Waals surface area contributed by atoms with Crippen molar-refractivity contribution in [1.29, 1.82) is 0 Å². The Bertz CT molecular complexity index is 1170. The molecule has 0 fully saturated rings. The molecule has 7 heteroatoms. The lowest BCUT2D eigenvalue weighted by atomic mass is 9.96. The molecule has 0 saturated carbocycles. The topological polar surface area (TPSA) is 59.7 Å². The third kappa shape index (κ3) is 3.29. The molecule has 0 N–H and O–H groups in total. The number of amides is 1. The van der Waals surface area contributed by atoms with Gasteiger partial charge in [0.1, 0.15) is 12.1 Å². The number of halogens is 1. The van der Waals surface area contributed by atoms with Gasteiger partial charge in [0.05, 0.1) is 13.2 Å². The van der Waals surface area contributed by atoms with Crippen molar-refractivity contribution < 1.29 is 13.9 Å². The van der Waals surface area contributed by atoms with Crippen molar-refractivity contribution in [3.63, 3.8) is 0 Å². The molecule has 0 aliphatic carbocycles. The van der Waals surface area contributed by atoms with E-state index in [2.05, 4.69) is 22.3 Å². The molecule has 154 valence electrons. The summed E-state index contributed by atoms with van der Waals surface area (Å²) in [6.45, 7) is 3.73. The van der Waals surface area contributed by atoms with Crippen LogP contribution in [-0.2, 0) is 35.6 Å². The minimum Gasteiger partial charge on any atom is -0.372 e. The summed E-state index contributed by atoms with van der Waals surface area (Å²) in [4.78, 5) is 13.5. The van der Waals surface area contributed by atoms with Gasteiger partial charge in [-0.3, -0.25) is 9.20 Å². The third-order valence-corrected chi connectivity index (χ3v) is 6.11. The van der Waals surface area contributed by atoms with Crippen LogP contribution in [-0.4, -0.2) is 38.5 Å². The molecule has 1 aromatic carbocycles. The van der Waals surface area contributed by atoms with Crippen LogP contribution in [0.15, 0.2) is 36.7 Å². The Morgan fingerprint density at radius 1 is 1.17 bits per heavy atom. The molecular weight excluding hydrogens is 383 g/mol. The van der Waals surface area contributed by atoms with E-state index in [-0.39, 0.29) is 11.7 Å². The SMILES string of the molecule is CC(=O)N1CC=C(c2cc3c(n4cnnc24)CCc2c(F)cccc2COC3)CC1. The van der Waals surface area contributed by atoms with Crippen molar-refractivity contribution in [3.8, 4) is 0 Å². The smallest absolute Gasteiger partial charge is 0.219 e. The molecule has 0 atom stereocenters. The highest BCUT2D eigenvalue weighted by atomic mass is 19.1. The van der Waals surface area contributed by atoms with Crippen molar-refractivity contribution >= 4 is 17.1 Å². The second-order valence-electron chi connectivity index (χ2n) is 7.87. The van der Waals surface area contributed by atoms with Crippen LogP contribution in [0, 0.1) is 5.82 Å². The van der Waals surface area contributed by atoms with E-state index >= 15 is 0 Å². The van der Waals surface area contributed by atoms with Crippen molar-refractivity contribution in [1.82, 2.24) is 19.5 Å². The first kappa shape index (κ1) is 18.9. The van der Waals surface area contributed by atoms with Crippen LogP contribution >= 0.6 is 0 Å².